The van der Waals surface area contributed by atoms with Crippen LogP contribution in [0.15, 0.2) is 54.6 Å². The molecule has 32 heavy (non-hydrogen) atoms. The fraction of sp³-hybridized carbons (Fsp3) is 0.333. The van der Waals surface area contributed by atoms with Gasteiger partial charge in [0.15, 0.2) is 0 Å². The van der Waals surface area contributed by atoms with Gasteiger partial charge in [0, 0.05) is 37.3 Å². The lowest BCUT2D eigenvalue weighted by Crippen LogP contribution is -2.32. The number of benzene rings is 2. The largest absolute Gasteiger partial charge is 0.338 e. The van der Waals surface area contributed by atoms with E-state index in [2.05, 4.69) is 15.5 Å². The van der Waals surface area contributed by atoms with Crippen molar-refractivity contribution in [3.05, 3.63) is 77.6 Å². The van der Waals surface area contributed by atoms with E-state index < -0.39 is 5.82 Å². The molecule has 1 atom stereocenters. The molecule has 1 aromatic heterocycles. The van der Waals surface area contributed by atoms with Gasteiger partial charge in [-0.1, -0.05) is 24.3 Å². The Bertz CT molecular complexity index is 1160. The van der Waals surface area contributed by atoms with Crippen LogP contribution in [0.1, 0.15) is 46.1 Å². The summed E-state index contributed by atoms with van der Waals surface area (Å²) in [6.45, 7) is 1.91. The van der Waals surface area contributed by atoms with E-state index in [1.807, 2.05) is 39.8 Å². The minimum Gasteiger partial charge on any atom is -0.338 e. The first kappa shape index (κ1) is 20.4. The summed E-state index contributed by atoms with van der Waals surface area (Å²) >= 11 is 0. The third-order valence-electron chi connectivity index (χ3n) is 6.60. The first-order valence-corrected chi connectivity index (χ1v) is 10.9. The Morgan fingerprint density at radius 3 is 2.59 bits per heavy atom. The SMILES string of the molecule is O=C(Nc1ccccc1)c1nnc2n1CCC1(CC2)CCN(C(=O)c2cccc(F)c2)C1. The monoisotopic (exact) mass is 433 g/mol. The Hall–Kier alpha value is -3.55. The number of halogens is 1. The van der Waals surface area contributed by atoms with Gasteiger partial charge in [-0.25, -0.2) is 4.39 Å². The highest BCUT2D eigenvalue weighted by Crippen LogP contribution is 2.41. The number of carbonyl (C=O) groups excluding carboxylic acids is 2. The number of anilines is 1. The second-order valence-corrected chi connectivity index (χ2v) is 8.65. The molecule has 1 saturated heterocycles. The molecule has 5 rings (SSSR count). The number of likely N-dealkylation sites (tertiary alicyclic amines) is 1. The zero-order chi connectivity index (χ0) is 22.1. The van der Waals surface area contributed by atoms with Crippen molar-refractivity contribution in [2.24, 2.45) is 5.41 Å². The van der Waals surface area contributed by atoms with E-state index in [-0.39, 0.29) is 17.2 Å². The van der Waals surface area contributed by atoms with Gasteiger partial charge in [-0.3, -0.25) is 9.59 Å². The molecule has 2 amide bonds. The lowest BCUT2D eigenvalue weighted by Gasteiger charge is -2.27. The highest BCUT2D eigenvalue weighted by molar-refractivity contribution is 6.01. The van der Waals surface area contributed by atoms with Crippen LogP contribution in [0.25, 0.3) is 0 Å². The quantitative estimate of drug-likeness (QED) is 0.685. The number of hydrogen-bond acceptors (Lipinski definition) is 4. The molecule has 1 unspecified atom stereocenters. The van der Waals surface area contributed by atoms with E-state index in [4.69, 9.17) is 0 Å². The standard InChI is InChI=1S/C24H24FN5O2/c25-18-6-4-5-17(15-18)23(32)29-13-11-24(16-29)10-9-20-27-28-21(30(20)14-12-24)22(31)26-19-7-2-1-3-8-19/h1-8,15H,9-14,16H2,(H,26,31). The van der Waals surface area contributed by atoms with Crippen molar-refractivity contribution >= 4 is 17.5 Å². The zero-order valence-corrected chi connectivity index (χ0v) is 17.6. The van der Waals surface area contributed by atoms with E-state index in [1.165, 1.54) is 12.1 Å². The van der Waals surface area contributed by atoms with Gasteiger partial charge in [-0.2, -0.15) is 0 Å². The van der Waals surface area contributed by atoms with E-state index >= 15 is 0 Å². The molecule has 2 aliphatic heterocycles. The third-order valence-corrected chi connectivity index (χ3v) is 6.60. The van der Waals surface area contributed by atoms with Crippen molar-refractivity contribution in [2.45, 2.75) is 32.2 Å². The molecule has 0 saturated carbocycles. The Balaban J connectivity index is 1.28. The summed E-state index contributed by atoms with van der Waals surface area (Å²) in [7, 11) is 0. The molecule has 8 heteroatoms. The fourth-order valence-corrected chi connectivity index (χ4v) is 4.80. The number of aryl methyl sites for hydroxylation is 1. The lowest BCUT2D eigenvalue weighted by atomic mass is 9.80. The van der Waals surface area contributed by atoms with E-state index in [0.717, 1.165) is 25.1 Å². The van der Waals surface area contributed by atoms with Crippen molar-refractivity contribution in [3.8, 4) is 0 Å². The molecule has 1 N–H and O–H groups in total. The minimum atomic E-state index is -0.404. The van der Waals surface area contributed by atoms with Gasteiger partial charge in [-0.05, 0) is 55.0 Å². The summed E-state index contributed by atoms with van der Waals surface area (Å²) in [4.78, 5) is 27.5. The van der Waals surface area contributed by atoms with Crippen molar-refractivity contribution in [1.29, 1.82) is 0 Å². The molecular formula is C24H24FN5O2. The van der Waals surface area contributed by atoms with Crippen LogP contribution in [0.5, 0.6) is 0 Å². The van der Waals surface area contributed by atoms with E-state index in [9.17, 15) is 14.0 Å². The van der Waals surface area contributed by atoms with Crippen molar-refractivity contribution in [1.82, 2.24) is 19.7 Å². The maximum Gasteiger partial charge on any atom is 0.293 e. The molecule has 3 heterocycles. The maximum absolute atomic E-state index is 13.6. The van der Waals surface area contributed by atoms with E-state index in [1.54, 1.807) is 12.1 Å². The van der Waals surface area contributed by atoms with Crippen LogP contribution in [0.2, 0.25) is 0 Å². The second-order valence-electron chi connectivity index (χ2n) is 8.65. The van der Waals surface area contributed by atoms with Gasteiger partial charge in [0.1, 0.15) is 11.6 Å². The number of nitrogens with one attached hydrogen (secondary N) is 1. The summed E-state index contributed by atoms with van der Waals surface area (Å²) in [5, 5.41) is 11.3. The summed E-state index contributed by atoms with van der Waals surface area (Å²) in [6.07, 6.45) is 3.29. The lowest BCUT2D eigenvalue weighted by molar-refractivity contribution is 0.0766. The zero-order valence-electron chi connectivity index (χ0n) is 17.6. The van der Waals surface area contributed by atoms with Crippen LogP contribution in [0.4, 0.5) is 10.1 Å². The van der Waals surface area contributed by atoms with Crippen LogP contribution < -0.4 is 5.32 Å². The van der Waals surface area contributed by atoms with Crippen LogP contribution in [0, 0.1) is 11.2 Å². The maximum atomic E-state index is 13.6. The molecular weight excluding hydrogens is 409 g/mol. The first-order valence-electron chi connectivity index (χ1n) is 10.9. The number of hydrogen-bond donors (Lipinski definition) is 1. The molecule has 7 nitrogen and oxygen atoms in total. The van der Waals surface area contributed by atoms with Crippen LogP contribution in [0.3, 0.4) is 0 Å². The van der Waals surface area contributed by atoms with Gasteiger partial charge in [-0.15, -0.1) is 10.2 Å². The Morgan fingerprint density at radius 1 is 0.969 bits per heavy atom. The molecule has 164 valence electrons. The van der Waals surface area contributed by atoms with E-state index in [0.29, 0.717) is 43.1 Å². The Morgan fingerprint density at radius 2 is 1.78 bits per heavy atom. The van der Waals surface area contributed by atoms with Crippen LogP contribution >= 0.6 is 0 Å². The molecule has 0 aliphatic carbocycles. The topological polar surface area (TPSA) is 80.1 Å². The normalized spacial score (nSPS) is 20.1. The number of nitrogens with zero attached hydrogens (tertiary/aromatic N) is 4. The Kier molecular flexibility index (Phi) is 5.20. The van der Waals surface area contributed by atoms with Gasteiger partial charge in [0.25, 0.3) is 11.8 Å². The van der Waals surface area contributed by atoms with Gasteiger partial charge >= 0.3 is 0 Å². The number of rotatable bonds is 3. The van der Waals surface area contributed by atoms with Crippen molar-refractivity contribution < 1.29 is 14.0 Å². The van der Waals surface area contributed by atoms with Crippen LogP contribution in [-0.2, 0) is 13.0 Å². The number of aromatic nitrogens is 3. The predicted octanol–water partition coefficient (Wildman–Crippen LogP) is 3.54. The highest BCUT2D eigenvalue weighted by Gasteiger charge is 2.41. The molecule has 1 fully saturated rings. The van der Waals surface area contributed by atoms with Crippen LogP contribution in [-0.4, -0.2) is 44.6 Å². The second kappa shape index (κ2) is 8.18. The summed E-state index contributed by atoms with van der Waals surface area (Å²) in [5.74, 6) is 0.299. The number of para-hydroxylation sites is 1. The van der Waals surface area contributed by atoms with Gasteiger partial charge in [0.05, 0.1) is 0 Å². The van der Waals surface area contributed by atoms with Gasteiger partial charge < -0.3 is 14.8 Å². The highest BCUT2D eigenvalue weighted by atomic mass is 19.1. The Labute approximate surface area is 185 Å². The van der Waals surface area contributed by atoms with Crippen molar-refractivity contribution in [3.63, 3.8) is 0 Å². The smallest absolute Gasteiger partial charge is 0.293 e. The predicted molar refractivity (Wildman–Crippen MR) is 117 cm³/mol. The number of carbonyl (C=O) groups is 2. The first-order chi connectivity index (χ1) is 15.5. The fourth-order valence-electron chi connectivity index (χ4n) is 4.80. The molecule has 1 spiro atoms. The summed E-state index contributed by atoms with van der Waals surface area (Å²) in [5.41, 5.74) is 1.06. The summed E-state index contributed by atoms with van der Waals surface area (Å²) < 4.78 is 15.5. The molecule has 2 aliphatic rings. The molecule has 2 aromatic carbocycles. The average molecular weight is 433 g/mol. The summed E-state index contributed by atoms with van der Waals surface area (Å²) in [6, 6.07) is 15.1. The molecule has 0 bridgehead atoms. The van der Waals surface area contributed by atoms with Crippen molar-refractivity contribution in [2.75, 3.05) is 18.4 Å². The minimum absolute atomic E-state index is 0.0309. The third kappa shape index (κ3) is 3.88. The molecule has 0 radical (unpaired) electrons. The van der Waals surface area contributed by atoms with Gasteiger partial charge in [0.2, 0.25) is 5.82 Å². The number of fused-ring (bicyclic) bond motifs is 1. The number of amides is 2. The molecule has 3 aromatic rings. The average Bonchev–Trinajstić information content (AvgIpc) is 3.36.